The molecule has 4 heteroatoms. The van der Waals surface area contributed by atoms with Gasteiger partial charge in [-0.15, -0.1) is 0 Å². The van der Waals surface area contributed by atoms with Gasteiger partial charge < -0.3 is 10.0 Å². The van der Waals surface area contributed by atoms with Crippen molar-refractivity contribution in [3.63, 3.8) is 0 Å². The highest BCUT2D eigenvalue weighted by Gasteiger charge is 2.38. The summed E-state index contributed by atoms with van der Waals surface area (Å²) >= 11 is 0. The summed E-state index contributed by atoms with van der Waals surface area (Å²) in [4.78, 5) is 13.1. The van der Waals surface area contributed by atoms with Crippen LogP contribution in [-0.2, 0) is 4.79 Å². The number of benzene rings is 1. The zero-order valence-electron chi connectivity index (χ0n) is 9.56. The Morgan fingerprint density at radius 3 is 2.71 bits per heavy atom. The predicted octanol–water partition coefficient (Wildman–Crippen LogP) is 1.43. The number of likely N-dealkylation sites (tertiary alicyclic amines) is 1. The quantitative estimate of drug-likeness (QED) is 0.788. The van der Waals surface area contributed by atoms with Crippen LogP contribution in [0.15, 0.2) is 30.3 Å². The van der Waals surface area contributed by atoms with E-state index in [2.05, 4.69) is 0 Å². The van der Waals surface area contributed by atoms with Gasteiger partial charge in [-0.2, -0.15) is 0 Å². The van der Waals surface area contributed by atoms with E-state index in [4.69, 9.17) is 0 Å². The fraction of sp³-hybridized carbons (Fsp3) is 0.308. The van der Waals surface area contributed by atoms with Crippen LogP contribution >= 0.6 is 0 Å². The third kappa shape index (κ3) is 2.71. The zero-order valence-corrected chi connectivity index (χ0v) is 9.56. The van der Waals surface area contributed by atoms with Crippen molar-refractivity contribution in [3.8, 4) is 0 Å². The molecule has 0 aliphatic carbocycles. The van der Waals surface area contributed by atoms with Gasteiger partial charge in [-0.1, -0.05) is 18.2 Å². The number of hydrogen-bond acceptors (Lipinski definition) is 2. The molecule has 0 unspecified atom stereocenters. The third-order valence-electron chi connectivity index (χ3n) is 2.69. The van der Waals surface area contributed by atoms with Crippen LogP contribution in [0, 0.1) is 5.82 Å². The minimum absolute atomic E-state index is 0.209. The van der Waals surface area contributed by atoms with E-state index >= 15 is 0 Å². The second-order valence-corrected chi connectivity index (χ2v) is 4.55. The number of hydrogen-bond donors (Lipinski definition) is 1. The van der Waals surface area contributed by atoms with E-state index in [1.807, 2.05) is 0 Å². The monoisotopic (exact) mass is 235 g/mol. The van der Waals surface area contributed by atoms with Gasteiger partial charge in [0.15, 0.2) is 0 Å². The summed E-state index contributed by atoms with van der Waals surface area (Å²) in [6.45, 7) is 2.33. The van der Waals surface area contributed by atoms with Crippen LogP contribution in [0.25, 0.3) is 6.08 Å². The number of carbonyl (C=O) groups is 1. The number of amides is 1. The Morgan fingerprint density at radius 1 is 1.47 bits per heavy atom. The third-order valence-corrected chi connectivity index (χ3v) is 2.69. The van der Waals surface area contributed by atoms with E-state index in [-0.39, 0.29) is 11.7 Å². The Hall–Kier alpha value is -1.68. The van der Waals surface area contributed by atoms with Crippen LogP contribution < -0.4 is 0 Å². The zero-order chi connectivity index (χ0) is 12.5. The minimum Gasteiger partial charge on any atom is -0.386 e. The van der Waals surface area contributed by atoms with E-state index in [0.29, 0.717) is 18.7 Å². The van der Waals surface area contributed by atoms with Crippen molar-refractivity contribution >= 4 is 12.0 Å². The van der Waals surface area contributed by atoms with Crippen LogP contribution in [0.2, 0.25) is 0 Å². The normalized spacial score (nSPS) is 18.2. The van der Waals surface area contributed by atoms with Crippen molar-refractivity contribution in [3.05, 3.63) is 41.7 Å². The molecule has 3 nitrogen and oxygen atoms in total. The van der Waals surface area contributed by atoms with Crippen molar-refractivity contribution in [2.45, 2.75) is 12.5 Å². The molecule has 1 aromatic rings. The van der Waals surface area contributed by atoms with E-state index in [1.54, 1.807) is 25.1 Å². The molecule has 1 aliphatic heterocycles. The highest BCUT2D eigenvalue weighted by atomic mass is 19.1. The first-order valence-corrected chi connectivity index (χ1v) is 5.42. The molecule has 0 atom stereocenters. The Balaban J connectivity index is 1.98. The van der Waals surface area contributed by atoms with Crippen LogP contribution in [0.3, 0.4) is 0 Å². The average Bonchev–Trinajstić information content (AvgIpc) is 2.24. The standard InChI is InChI=1S/C13H14FNO2/c1-13(17)8-15(9-13)12(16)7-6-10-4-2-3-5-11(10)14/h2-7,17H,8-9H2,1H3. The molecular weight excluding hydrogens is 221 g/mol. The summed E-state index contributed by atoms with van der Waals surface area (Å²) in [5.41, 5.74) is -0.394. The number of halogens is 1. The maximum Gasteiger partial charge on any atom is 0.246 e. The highest BCUT2D eigenvalue weighted by molar-refractivity contribution is 5.92. The molecule has 1 N–H and O–H groups in total. The maximum absolute atomic E-state index is 13.2. The SMILES string of the molecule is CC1(O)CN(C(=O)C=Cc2ccccc2F)C1. The molecule has 1 saturated heterocycles. The van der Waals surface area contributed by atoms with Gasteiger partial charge in [-0.3, -0.25) is 4.79 Å². The first kappa shape index (κ1) is 11.8. The molecule has 17 heavy (non-hydrogen) atoms. The lowest BCUT2D eigenvalue weighted by Gasteiger charge is -2.43. The Bertz CT molecular complexity index is 460. The Kier molecular flexibility index (Phi) is 2.98. The molecule has 1 aromatic carbocycles. The highest BCUT2D eigenvalue weighted by Crippen LogP contribution is 2.20. The number of aliphatic hydroxyl groups is 1. The van der Waals surface area contributed by atoms with E-state index in [1.165, 1.54) is 23.1 Å². The second kappa shape index (κ2) is 4.30. The smallest absolute Gasteiger partial charge is 0.246 e. The summed E-state index contributed by atoms with van der Waals surface area (Å²) in [5, 5.41) is 9.48. The number of nitrogens with zero attached hydrogens (tertiary/aromatic N) is 1. The molecule has 0 saturated carbocycles. The van der Waals surface area contributed by atoms with Crippen molar-refractivity contribution in [2.75, 3.05) is 13.1 Å². The lowest BCUT2D eigenvalue weighted by molar-refractivity contribution is -0.146. The lowest BCUT2D eigenvalue weighted by atomic mass is 9.97. The van der Waals surface area contributed by atoms with Gasteiger partial charge in [0.1, 0.15) is 5.82 Å². The molecule has 90 valence electrons. The van der Waals surface area contributed by atoms with Crippen LogP contribution in [0.1, 0.15) is 12.5 Å². The van der Waals surface area contributed by atoms with Crippen LogP contribution in [-0.4, -0.2) is 34.6 Å². The topological polar surface area (TPSA) is 40.5 Å². The van der Waals surface area contributed by atoms with Crippen molar-refractivity contribution in [1.29, 1.82) is 0 Å². The van der Waals surface area contributed by atoms with Gasteiger partial charge in [0, 0.05) is 11.6 Å². The van der Waals surface area contributed by atoms with E-state index in [9.17, 15) is 14.3 Å². The molecule has 0 radical (unpaired) electrons. The molecule has 1 aliphatic rings. The molecule has 2 rings (SSSR count). The number of carbonyl (C=O) groups excluding carboxylic acids is 1. The largest absolute Gasteiger partial charge is 0.386 e. The van der Waals surface area contributed by atoms with Gasteiger partial charge in [-0.05, 0) is 19.1 Å². The minimum atomic E-state index is -0.776. The van der Waals surface area contributed by atoms with Crippen molar-refractivity contribution in [2.24, 2.45) is 0 Å². The fourth-order valence-electron chi connectivity index (χ4n) is 1.81. The Morgan fingerprint density at radius 2 is 2.12 bits per heavy atom. The molecule has 1 heterocycles. The molecular formula is C13H14FNO2. The summed E-state index contributed by atoms with van der Waals surface area (Å²) in [6, 6.07) is 6.26. The first-order chi connectivity index (χ1) is 7.98. The van der Waals surface area contributed by atoms with Crippen molar-refractivity contribution in [1.82, 2.24) is 4.90 Å². The van der Waals surface area contributed by atoms with Crippen LogP contribution in [0.4, 0.5) is 4.39 Å². The molecule has 1 amide bonds. The number of rotatable bonds is 2. The average molecular weight is 235 g/mol. The van der Waals surface area contributed by atoms with Crippen LogP contribution in [0.5, 0.6) is 0 Å². The van der Waals surface area contributed by atoms with Gasteiger partial charge in [-0.25, -0.2) is 4.39 Å². The van der Waals surface area contributed by atoms with Gasteiger partial charge in [0.2, 0.25) is 5.91 Å². The second-order valence-electron chi connectivity index (χ2n) is 4.55. The summed E-state index contributed by atoms with van der Waals surface area (Å²) < 4.78 is 13.2. The summed E-state index contributed by atoms with van der Waals surface area (Å²) in [5.74, 6) is -0.563. The summed E-state index contributed by atoms with van der Waals surface area (Å²) in [6.07, 6.45) is 2.78. The summed E-state index contributed by atoms with van der Waals surface area (Å²) in [7, 11) is 0. The molecule has 1 fully saturated rings. The Labute approximate surface area is 99.2 Å². The van der Waals surface area contributed by atoms with Gasteiger partial charge in [0.25, 0.3) is 0 Å². The van der Waals surface area contributed by atoms with Gasteiger partial charge in [0.05, 0.1) is 18.7 Å². The predicted molar refractivity (Wildman–Crippen MR) is 62.6 cm³/mol. The molecule has 0 bridgehead atoms. The molecule has 0 spiro atoms. The first-order valence-electron chi connectivity index (χ1n) is 5.42. The lowest BCUT2D eigenvalue weighted by Crippen LogP contribution is -2.61. The van der Waals surface area contributed by atoms with Gasteiger partial charge >= 0.3 is 0 Å². The van der Waals surface area contributed by atoms with Crippen molar-refractivity contribution < 1.29 is 14.3 Å². The van der Waals surface area contributed by atoms with E-state index < -0.39 is 5.60 Å². The molecule has 0 aromatic heterocycles. The fourth-order valence-corrected chi connectivity index (χ4v) is 1.81. The number of β-amino-alcohol motifs (C(OH)–C–C–N with tert-alkyl or cyclic N) is 1. The maximum atomic E-state index is 13.2. The van der Waals surface area contributed by atoms with E-state index in [0.717, 1.165) is 0 Å².